The summed E-state index contributed by atoms with van der Waals surface area (Å²) in [5.74, 6) is -0.0781. The molecule has 0 saturated carbocycles. The number of carbonyl (C=O) groups is 2. The minimum Gasteiger partial charge on any atom is -0.398 e. The summed E-state index contributed by atoms with van der Waals surface area (Å²) in [7, 11) is 3.97. The highest BCUT2D eigenvalue weighted by Crippen LogP contribution is 2.20. The van der Waals surface area contributed by atoms with Crippen LogP contribution in [0, 0.1) is 0 Å². The molecule has 39 heavy (non-hydrogen) atoms. The number of pyridine rings is 1. The SMILES string of the molecule is CN(C)CCN(Cc1ccc(C(=O)Cc2cscc2N)nc1)C(=O)NCCc1ccc(-c2ccccc2)cc1. The van der Waals surface area contributed by atoms with E-state index in [9.17, 15) is 9.59 Å². The third-order valence-corrected chi connectivity index (χ3v) is 7.28. The third-order valence-electron chi connectivity index (χ3n) is 6.47. The molecule has 0 aliphatic carbocycles. The summed E-state index contributed by atoms with van der Waals surface area (Å²) >= 11 is 1.48. The number of nitrogens with one attached hydrogen (secondary N) is 1. The van der Waals surface area contributed by atoms with E-state index in [-0.39, 0.29) is 18.2 Å². The van der Waals surface area contributed by atoms with Crippen LogP contribution < -0.4 is 11.1 Å². The number of carbonyl (C=O) groups excluding carboxylic acids is 2. The van der Waals surface area contributed by atoms with Gasteiger partial charge < -0.3 is 20.9 Å². The van der Waals surface area contributed by atoms with Gasteiger partial charge in [0.2, 0.25) is 0 Å². The Labute approximate surface area is 234 Å². The second kappa shape index (κ2) is 13.7. The molecule has 3 N–H and O–H groups in total. The maximum absolute atomic E-state index is 13.1. The molecule has 4 aromatic rings. The van der Waals surface area contributed by atoms with Crippen molar-refractivity contribution in [1.29, 1.82) is 0 Å². The second-order valence-corrected chi connectivity index (χ2v) is 10.5. The first-order valence-corrected chi connectivity index (χ1v) is 13.9. The smallest absolute Gasteiger partial charge is 0.317 e. The van der Waals surface area contributed by atoms with Crippen LogP contribution in [0.15, 0.2) is 83.7 Å². The van der Waals surface area contributed by atoms with E-state index in [0.29, 0.717) is 31.0 Å². The van der Waals surface area contributed by atoms with Gasteiger partial charge in [-0.2, -0.15) is 0 Å². The lowest BCUT2D eigenvalue weighted by atomic mass is 10.0. The van der Waals surface area contributed by atoms with Crippen LogP contribution >= 0.6 is 11.3 Å². The number of ketones is 1. The largest absolute Gasteiger partial charge is 0.398 e. The molecule has 0 atom stereocenters. The molecule has 0 aliphatic heterocycles. The highest BCUT2D eigenvalue weighted by Gasteiger charge is 2.16. The molecule has 2 aromatic carbocycles. The second-order valence-electron chi connectivity index (χ2n) is 9.77. The van der Waals surface area contributed by atoms with Crippen LogP contribution in [-0.4, -0.2) is 60.3 Å². The summed E-state index contributed by atoms with van der Waals surface area (Å²) < 4.78 is 0. The first-order valence-electron chi connectivity index (χ1n) is 13.0. The zero-order valence-electron chi connectivity index (χ0n) is 22.5. The van der Waals surface area contributed by atoms with Crippen molar-refractivity contribution in [1.82, 2.24) is 20.1 Å². The van der Waals surface area contributed by atoms with Crippen molar-refractivity contribution in [3.8, 4) is 11.1 Å². The Morgan fingerprint density at radius 3 is 2.26 bits per heavy atom. The Morgan fingerprint density at radius 1 is 0.897 bits per heavy atom. The standard InChI is InChI=1S/C31H35N5O2S/c1-35(2)16-17-36(20-24-10-13-29(34-19-24)30(37)18-27-21-39-22-28(27)32)31(38)33-15-14-23-8-11-26(12-9-23)25-6-4-3-5-7-25/h3-13,19,21-22H,14-18,20,32H2,1-2H3,(H,33,38). The highest BCUT2D eigenvalue weighted by atomic mass is 32.1. The summed E-state index contributed by atoms with van der Waals surface area (Å²) in [5, 5.41) is 6.78. The van der Waals surface area contributed by atoms with Gasteiger partial charge in [0, 0.05) is 49.9 Å². The Balaban J connectivity index is 1.31. The van der Waals surface area contributed by atoms with Crippen molar-refractivity contribution in [3.05, 3.63) is 106 Å². The molecule has 0 unspecified atom stereocenters. The molecular formula is C31H35N5O2S. The van der Waals surface area contributed by atoms with Crippen LogP contribution in [0.4, 0.5) is 10.5 Å². The van der Waals surface area contributed by atoms with Crippen molar-refractivity contribution < 1.29 is 9.59 Å². The lowest BCUT2D eigenvalue weighted by molar-refractivity contribution is 0.0988. The molecule has 0 aliphatic rings. The Bertz CT molecular complexity index is 1350. The van der Waals surface area contributed by atoms with Crippen molar-refractivity contribution in [2.75, 3.05) is 39.5 Å². The van der Waals surface area contributed by atoms with Crippen molar-refractivity contribution in [3.63, 3.8) is 0 Å². The lowest BCUT2D eigenvalue weighted by Gasteiger charge is -2.25. The predicted molar refractivity (Wildman–Crippen MR) is 159 cm³/mol. The maximum Gasteiger partial charge on any atom is 0.317 e. The van der Waals surface area contributed by atoms with E-state index in [1.807, 2.05) is 54.0 Å². The minimum atomic E-state index is -0.120. The monoisotopic (exact) mass is 541 g/mol. The van der Waals surface area contributed by atoms with Crippen LogP contribution in [0.25, 0.3) is 11.1 Å². The van der Waals surface area contributed by atoms with Crippen LogP contribution in [0.5, 0.6) is 0 Å². The number of nitrogens with zero attached hydrogens (tertiary/aromatic N) is 3. The first kappa shape index (κ1) is 28.0. The van der Waals surface area contributed by atoms with Gasteiger partial charge in [0.15, 0.2) is 5.78 Å². The van der Waals surface area contributed by atoms with Gasteiger partial charge in [-0.3, -0.25) is 9.78 Å². The van der Waals surface area contributed by atoms with E-state index >= 15 is 0 Å². The summed E-state index contributed by atoms with van der Waals surface area (Å²) in [4.78, 5) is 33.9. The number of nitrogens with two attached hydrogens (primary N) is 1. The quantitative estimate of drug-likeness (QED) is 0.243. The summed E-state index contributed by atoms with van der Waals surface area (Å²) in [6, 6.07) is 22.2. The number of Topliss-reactive ketones (excluding diaryl/α,β-unsaturated/α-hetero) is 1. The Kier molecular flexibility index (Phi) is 9.83. The van der Waals surface area contributed by atoms with Gasteiger partial charge in [0.1, 0.15) is 5.69 Å². The van der Waals surface area contributed by atoms with Crippen molar-refractivity contribution in [2.24, 2.45) is 0 Å². The van der Waals surface area contributed by atoms with E-state index in [0.717, 1.165) is 24.1 Å². The Hall–Kier alpha value is -4.01. The van der Waals surface area contributed by atoms with Gasteiger partial charge in [-0.15, -0.1) is 11.3 Å². The van der Waals surface area contributed by atoms with Crippen LogP contribution in [0.3, 0.4) is 0 Å². The number of benzene rings is 2. The van der Waals surface area contributed by atoms with E-state index in [1.54, 1.807) is 17.2 Å². The molecule has 0 radical (unpaired) electrons. The molecule has 2 heterocycles. The van der Waals surface area contributed by atoms with Gasteiger partial charge in [-0.25, -0.2) is 4.79 Å². The summed E-state index contributed by atoms with van der Waals surface area (Å²) in [6.45, 7) is 2.26. The fraction of sp³-hybridized carbons (Fsp3) is 0.258. The number of thiophene rings is 1. The number of hydrogen-bond donors (Lipinski definition) is 2. The molecule has 0 bridgehead atoms. The highest BCUT2D eigenvalue weighted by molar-refractivity contribution is 7.08. The molecule has 202 valence electrons. The van der Waals surface area contributed by atoms with Gasteiger partial charge in [0.05, 0.1) is 0 Å². The normalized spacial score (nSPS) is 10.9. The maximum atomic E-state index is 13.1. The molecule has 7 nitrogen and oxygen atoms in total. The topological polar surface area (TPSA) is 91.6 Å². The van der Waals surface area contributed by atoms with E-state index in [1.165, 1.54) is 28.0 Å². The summed E-state index contributed by atoms with van der Waals surface area (Å²) in [6.07, 6.45) is 2.65. The fourth-order valence-electron chi connectivity index (χ4n) is 4.14. The van der Waals surface area contributed by atoms with Gasteiger partial charge in [0.25, 0.3) is 0 Å². The first-order chi connectivity index (χ1) is 18.9. The summed E-state index contributed by atoms with van der Waals surface area (Å²) in [5.41, 5.74) is 12.2. The fourth-order valence-corrected chi connectivity index (χ4v) is 4.89. The Morgan fingerprint density at radius 2 is 1.62 bits per heavy atom. The van der Waals surface area contributed by atoms with Crippen molar-refractivity contribution in [2.45, 2.75) is 19.4 Å². The zero-order chi connectivity index (χ0) is 27.6. The molecule has 4 rings (SSSR count). The number of amides is 2. The average molecular weight is 542 g/mol. The molecule has 0 saturated heterocycles. The van der Waals surface area contributed by atoms with E-state index in [4.69, 9.17) is 5.73 Å². The van der Waals surface area contributed by atoms with E-state index < -0.39 is 0 Å². The van der Waals surface area contributed by atoms with Crippen LogP contribution in [0.1, 0.15) is 27.2 Å². The zero-order valence-corrected chi connectivity index (χ0v) is 23.3. The molecule has 2 amide bonds. The predicted octanol–water partition coefficient (Wildman–Crippen LogP) is 5.13. The number of rotatable bonds is 12. The number of aromatic nitrogens is 1. The average Bonchev–Trinajstić information content (AvgIpc) is 3.35. The van der Waals surface area contributed by atoms with Gasteiger partial charge in [-0.1, -0.05) is 60.7 Å². The molecular weight excluding hydrogens is 506 g/mol. The molecule has 2 aromatic heterocycles. The minimum absolute atomic E-state index is 0.0781. The van der Waals surface area contributed by atoms with Gasteiger partial charge >= 0.3 is 6.03 Å². The van der Waals surface area contributed by atoms with Crippen molar-refractivity contribution >= 4 is 28.8 Å². The number of urea groups is 1. The number of nitrogen functional groups attached to an aromatic ring is 1. The van der Waals surface area contributed by atoms with Gasteiger partial charge in [-0.05, 0) is 59.8 Å². The number of likely N-dealkylation sites (N-methyl/N-ethyl adjacent to an activating group) is 1. The number of anilines is 1. The molecule has 0 spiro atoms. The lowest BCUT2D eigenvalue weighted by Crippen LogP contribution is -2.43. The van der Waals surface area contributed by atoms with Crippen LogP contribution in [-0.2, 0) is 19.4 Å². The van der Waals surface area contributed by atoms with Crippen LogP contribution in [0.2, 0.25) is 0 Å². The molecule has 8 heteroatoms. The number of hydrogen-bond acceptors (Lipinski definition) is 6. The molecule has 0 fully saturated rings. The van der Waals surface area contributed by atoms with E-state index in [2.05, 4.69) is 46.7 Å². The third kappa shape index (κ3) is 8.24.